The zero-order chi connectivity index (χ0) is 16.1. The Kier molecular flexibility index (Phi) is 11.7. The number of hydrogen-bond acceptors (Lipinski definition) is 3. The SMILES string of the molecule is CCCCCN(CCCCC)CCOC(=O)C(C)(C)CC. The van der Waals surface area contributed by atoms with E-state index in [0.29, 0.717) is 6.61 Å². The van der Waals surface area contributed by atoms with Crippen LogP contribution in [0, 0.1) is 5.41 Å². The first-order chi connectivity index (χ1) is 9.97. The molecule has 0 spiro atoms. The molecule has 0 heterocycles. The van der Waals surface area contributed by atoms with Crippen LogP contribution in [0.1, 0.15) is 79.6 Å². The Morgan fingerprint density at radius 2 is 1.43 bits per heavy atom. The van der Waals surface area contributed by atoms with E-state index in [9.17, 15) is 4.79 Å². The van der Waals surface area contributed by atoms with E-state index in [0.717, 1.165) is 26.1 Å². The van der Waals surface area contributed by atoms with Crippen LogP contribution in [0.3, 0.4) is 0 Å². The second-order valence-electron chi connectivity index (χ2n) is 6.63. The molecule has 0 aromatic rings. The van der Waals surface area contributed by atoms with Gasteiger partial charge in [0.05, 0.1) is 5.41 Å². The molecule has 3 heteroatoms. The van der Waals surface area contributed by atoms with Gasteiger partial charge in [0.25, 0.3) is 0 Å². The number of carbonyl (C=O) groups excluding carboxylic acids is 1. The summed E-state index contributed by atoms with van der Waals surface area (Å²) >= 11 is 0. The standard InChI is InChI=1S/C18H37NO2/c1-6-9-11-13-19(14-12-10-7-2)15-16-21-17(20)18(4,5)8-3/h6-16H2,1-5H3. The summed E-state index contributed by atoms with van der Waals surface area (Å²) in [5.74, 6) is -0.0629. The van der Waals surface area contributed by atoms with Gasteiger partial charge in [-0.15, -0.1) is 0 Å². The fraction of sp³-hybridized carbons (Fsp3) is 0.944. The number of esters is 1. The van der Waals surface area contributed by atoms with E-state index in [2.05, 4.69) is 18.7 Å². The van der Waals surface area contributed by atoms with Gasteiger partial charge in [0.1, 0.15) is 6.61 Å². The topological polar surface area (TPSA) is 29.5 Å². The van der Waals surface area contributed by atoms with Gasteiger partial charge in [0.2, 0.25) is 0 Å². The van der Waals surface area contributed by atoms with Crippen LogP contribution in [0.25, 0.3) is 0 Å². The van der Waals surface area contributed by atoms with E-state index in [-0.39, 0.29) is 11.4 Å². The maximum absolute atomic E-state index is 12.0. The molecule has 0 aliphatic carbocycles. The minimum Gasteiger partial charge on any atom is -0.464 e. The summed E-state index contributed by atoms with van der Waals surface area (Å²) in [5.41, 5.74) is -0.352. The molecular formula is C18H37NO2. The maximum Gasteiger partial charge on any atom is 0.311 e. The van der Waals surface area contributed by atoms with Crippen molar-refractivity contribution in [2.24, 2.45) is 5.41 Å². The average Bonchev–Trinajstić information content (AvgIpc) is 2.47. The Hall–Kier alpha value is -0.570. The normalized spacial score (nSPS) is 11.9. The fourth-order valence-electron chi connectivity index (χ4n) is 2.11. The molecule has 0 radical (unpaired) electrons. The molecule has 3 nitrogen and oxygen atoms in total. The van der Waals surface area contributed by atoms with Crippen molar-refractivity contribution in [1.29, 1.82) is 0 Å². The second-order valence-corrected chi connectivity index (χ2v) is 6.63. The maximum atomic E-state index is 12.0. The molecule has 0 aromatic heterocycles. The number of nitrogens with zero attached hydrogens (tertiary/aromatic N) is 1. The molecule has 0 atom stereocenters. The highest BCUT2D eigenvalue weighted by atomic mass is 16.5. The number of carbonyl (C=O) groups is 1. The lowest BCUT2D eigenvalue weighted by molar-refractivity contribution is -0.154. The Morgan fingerprint density at radius 1 is 0.905 bits per heavy atom. The summed E-state index contributed by atoms with van der Waals surface area (Å²) in [4.78, 5) is 14.4. The monoisotopic (exact) mass is 299 g/mol. The zero-order valence-electron chi connectivity index (χ0n) is 15.0. The van der Waals surface area contributed by atoms with E-state index in [4.69, 9.17) is 4.74 Å². The van der Waals surface area contributed by atoms with Crippen molar-refractivity contribution in [1.82, 2.24) is 4.90 Å². The molecule has 0 amide bonds. The second kappa shape index (κ2) is 12.0. The minimum absolute atomic E-state index is 0.0629. The van der Waals surface area contributed by atoms with Crippen LogP contribution in [0.2, 0.25) is 0 Å². The van der Waals surface area contributed by atoms with Crippen LogP contribution >= 0.6 is 0 Å². The molecule has 0 unspecified atom stereocenters. The molecule has 21 heavy (non-hydrogen) atoms. The smallest absolute Gasteiger partial charge is 0.311 e. The van der Waals surface area contributed by atoms with E-state index in [1.165, 1.54) is 38.5 Å². The summed E-state index contributed by atoms with van der Waals surface area (Å²) in [5, 5.41) is 0. The van der Waals surface area contributed by atoms with E-state index >= 15 is 0 Å². The highest BCUT2D eigenvalue weighted by molar-refractivity contribution is 5.75. The Labute approximate surface area is 132 Å². The van der Waals surface area contributed by atoms with Crippen molar-refractivity contribution in [3.8, 4) is 0 Å². The van der Waals surface area contributed by atoms with Crippen molar-refractivity contribution in [3.63, 3.8) is 0 Å². The van der Waals surface area contributed by atoms with Crippen LogP contribution < -0.4 is 0 Å². The summed E-state index contributed by atoms with van der Waals surface area (Å²) in [7, 11) is 0. The van der Waals surface area contributed by atoms with Gasteiger partial charge in [-0.05, 0) is 46.2 Å². The summed E-state index contributed by atoms with van der Waals surface area (Å²) in [6, 6.07) is 0. The number of unbranched alkanes of at least 4 members (excludes halogenated alkanes) is 4. The lowest BCUT2D eigenvalue weighted by atomic mass is 9.91. The average molecular weight is 299 g/mol. The van der Waals surface area contributed by atoms with Crippen LogP contribution in [-0.2, 0) is 9.53 Å². The van der Waals surface area contributed by atoms with Gasteiger partial charge in [-0.2, -0.15) is 0 Å². The number of ether oxygens (including phenoxy) is 1. The van der Waals surface area contributed by atoms with Gasteiger partial charge in [-0.1, -0.05) is 46.5 Å². The van der Waals surface area contributed by atoms with E-state index in [1.807, 2.05) is 20.8 Å². The van der Waals surface area contributed by atoms with Gasteiger partial charge in [-0.3, -0.25) is 9.69 Å². The lowest BCUT2D eigenvalue weighted by Crippen LogP contribution is -2.33. The number of rotatable bonds is 13. The Morgan fingerprint density at radius 3 is 1.86 bits per heavy atom. The Bertz CT molecular complexity index is 254. The van der Waals surface area contributed by atoms with Gasteiger partial charge >= 0.3 is 5.97 Å². The molecule has 0 aromatic carbocycles. The van der Waals surface area contributed by atoms with Crippen LogP contribution in [-0.4, -0.2) is 37.1 Å². The number of hydrogen-bond donors (Lipinski definition) is 0. The Balaban J connectivity index is 4.05. The molecule has 0 saturated carbocycles. The van der Waals surface area contributed by atoms with Crippen LogP contribution in [0.15, 0.2) is 0 Å². The molecule has 0 aliphatic heterocycles. The quantitative estimate of drug-likeness (QED) is 0.366. The molecule has 126 valence electrons. The summed E-state index contributed by atoms with van der Waals surface area (Å²) in [6.45, 7) is 14.1. The first kappa shape index (κ1) is 20.4. The molecule has 0 bridgehead atoms. The van der Waals surface area contributed by atoms with Crippen molar-refractivity contribution >= 4 is 5.97 Å². The van der Waals surface area contributed by atoms with Crippen molar-refractivity contribution in [2.75, 3.05) is 26.2 Å². The van der Waals surface area contributed by atoms with Gasteiger partial charge in [-0.25, -0.2) is 0 Å². The molecule has 0 rings (SSSR count). The highest BCUT2D eigenvalue weighted by Gasteiger charge is 2.26. The third-order valence-corrected chi connectivity index (χ3v) is 4.23. The molecular weight excluding hydrogens is 262 g/mol. The minimum atomic E-state index is -0.352. The lowest BCUT2D eigenvalue weighted by Gasteiger charge is -2.24. The predicted octanol–water partition coefficient (Wildman–Crippen LogP) is 4.65. The fourth-order valence-corrected chi connectivity index (χ4v) is 2.11. The molecule has 0 aliphatic rings. The van der Waals surface area contributed by atoms with Crippen molar-refractivity contribution < 1.29 is 9.53 Å². The van der Waals surface area contributed by atoms with Crippen molar-refractivity contribution in [2.45, 2.75) is 79.6 Å². The van der Waals surface area contributed by atoms with E-state index < -0.39 is 0 Å². The van der Waals surface area contributed by atoms with E-state index in [1.54, 1.807) is 0 Å². The summed E-state index contributed by atoms with van der Waals surface area (Å²) < 4.78 is 5.46. The molecule has 0 fully saturated rings. The summed E-state index contributed by atoms with van der Waals surface area (Å²) in [6.07, 6.45) is 8.39. The van der Waals surface area contributed by atoms with Gasteiger partial charge in [0, 0.05) is 6.54 Å². The van der Waals surface area contributed by atoms with Gasteiger partial charge in [0.15, 0.2) is 0 Å². The highest BCUT2D eigenvalue weighted by Crippen LogP contribution is 2.21. The third-order valence-electron chi connectivity index (χ3n) is 4.23. The van der Waals surface area contributed by atoms with Gasteiger partial charge < -0.3 is 4.74 Å². The van der Waals surface area contributed by atoms with Crippen molar-refractivity contribution in [3.05, 3.63) is 0 Å². The zero-order valence-corrected chi connectivity index (χ0v) is 15.0. The van der Waals surface area contributed by atoms with Crippen LogP contribution in [0.5, 0.6) is 0 Å². The van der Waals surface area contributed by atoms with Crippen LogP contribution in [0.4, 0.5) is 0 Å². The first-order valence-electron chi connectivity index (χ1n) is 8.87. The predicted molar refractivity (Wildman–Crippen MR) is 90.5 cm³/mol. The largest absolute Gasteiger partial charge is 0.464 e. The third kappa shape index (κ3) is 9.89. The molecule has 0 saturated heterocycles. The first-order valence-corrected chi connectivity index (χ1v) is 8.87. The molecule has 0 N–H and O–H groups in total.